The second kappa shape index (κ2) is 9.08. The molecule has 0 unspecified atom stereocenters. The van der Waals surface area contributed by atoms with Crippen LogP contribution < -0.4 is 25.0 Å². The number of methoxy groups -OCH3 is 3. The van der Waals surface area contributed by atoms with E-state index < -0.39 is 0 Å². The van der Waals surface area contributed by atoms with Gasteiger partial charge in [-0.1, -0.05) is 18.2 Å². The van der Waals surface area contributed by atoms with Gasteiger partial charge >= 0.3 is 0 Å². The van der Waals surface area contributed by atoms with Crippen molar-refractivity contribution in [3.05, 3.63) is 82.5 Å². The van der Waals surface area contributed by atoms with Crippen LogP contribution in [0.2, 0.25) is 0 Å². The van der Waals surface area contributed by atoms with Gasteiger partial charge in [-0.05, 0) is 54.1 Å². The topological polar surface area (TPSA) is 78.8 Å². The number of carbonyl (C=O) groups is 1. The maximum Gasteiger partial charge on any atom is 0.256 e. The van der Waals surface area contributed by atoms with E-state index in [1.807, 2.05) is 29.8 Å². The van der Waals surface area contributed by atoms with Gasteiger partial charge in [0, 0.05) is 18.0 Å². The van der Waals surface area contributed by atoms with Crippen LogP contribution in [0.3, 0.4) is 0 Å². The largest absolute Gasteiger partial charge is 0.497 e. The highest BCUT2D eigenvalue weighted by Crippen LogP contribution is 2.35. The lowest BCUT2D eigenvalue weighted by Gasteiger charge is -2.19. The van der Waals surface area contributed by atoms with E-state index in [4.69, 9.17) is 14.2 Å². The molecule has 0 aliphatic heterocycles. The Labute approximate surface area is 191 Å². The number of pyridine rings is 1. The van der Waals surface area contributed by atoms with Crippen molar-refractivity contribution in [2.24, 2.45) is 7.05 Å². The molecule has 0 aliphatic carbocycles. The molecule has 0 atom stereocenters. The van der Waals surface area contributed by atoms with E-state index in [1.165, 1.54) is 7.11 Å². The van der Waals surface area contributed by atoms with E-state index in [-0.39, 0.29) is 11.3 Å². The number of aromatic nitrogens is 1. The SMILES string of the molecule is COc1ccc(C(=O)Nc2c(-c3ccc(OC)c(OC)c3)c(=O)c3ccccc3n2C)cc1. The van der Waals surface area contributed by atoms with Gasteiger partial charge in [-0.3, -0.25) is 9.59 Å². The number of fused-ring (bicyclic) bond motifs is 1. The number of rotatable bonds is 6. The number of ether oxygens (including phenoxy) is 3. The van der Waals surface area contributed by atoms with E-state index in [9.17, 15) is 9.59 Å². The Kier molecular flexibility index (Phi) is 6.04. The second-order valence-corrected chi connectivity index (χ2v) is 7.38. The van der Waals surface area contributed by atoms with Crippen LogP contribution in [0.25, 0.3) is 22.0 Å². The average molecular weight is 444 g/mol. The normalized spacial score (nSPS) is 10.7. The Morgan fingerprint density at radius 1 is 0.848 bits per heavy atom. The molecule has 0 saturated heterocycles. The van der Waals surface area contributed by atoms with Crippen molar-refractivity contribution < 1.29 is 19.0 Å². The number of amides is 1. The van der Waals surface area contributed by atoms with E-state index in [2.05, 4.69) is 5.32 Å². The molecular formula is C26H24N2O5. The van der Waals surface area contributed by atoms with Crippen molar-refractivity contribution in [1.29, 1.82) is 0 Å². The van der Waals surface area contributed by atoms with Crippen molar-refractivity contribution in [1.82, 2.24) is 4.57 Å². The predicted molar refractivity (Wildman–Crippen MR) is 129 cm³/mol. The number of nitrogens with one attached hydrogen (secondary N) is 1. The Bertz CT molecular complexity index is 1390. The third kappa shape index (κ3) is 4.01. The average Bonchev–Trinajstić information content (AvgIpc) is 2.86. The van der Waals surface area contributed by atoms with Crippen LogP contribution in [-0.2, 0) is 7.05 Å². The van der Waals surface area contributed by atoms with Crippen molar-refractivity contribution in [2.45, 2.75) is 0 Å². The monoisotopic (exact) mass is 444 g/mol. The molecule has 7 heteroatoms. The smallest absolute Gasteiger partial charge is 0.256 e. The summed E-state index contributed by atoms with van der Waals surface area (Å²) in [7, 11) is 6.46. The molecule has 1 N–H and O–H groups in total. The molecule has 3 aromatic carbocycles. The molecule has 0 fully saturated rings. The first kappa shape index (κ1) is 22.0. The van der Waals surface area contributed by atoms with Gasteiger partial charge < -0.3 is 24.1 Å². The highest BCUT2D eigenvalue weighted by atomic mass is 16.5. The molecule has 1 aromatic heterocycles. The summed E-state index contributed by atoms with van der Waals surface area (Å²) >= 11 is 0. The first-order chi connectivity index (χ1) is 16.0. The molecule has 1 heterocycles. The molecule has 0 radical (unpaired) electrons. The summed E-state index contributed by atoms with van der Waals surface area (Å²) in [6, 6.07) is 19.3. The van der Waals surface area contributed by atoms with Crippen LogP contribution in [-0.4, -0.2) is 31.8 Å². The van der Waals surface area contributed by atoms with E-state index in [1.54, 1.807) is 62.8 Å². The number of benzene rings is 3. The van der Waals surface area contributed by atoms with Gasteiger partial charge in [0.25, 0.3) is 5.91 Å². The molecule has 0 aliphatic rings. The number of carbonyl (C=O) groups excluding carboxylic acids is 1. The molecule has 7 nitrogen and oxygen atoms in total. The van der Waals surface area contributed by atoms with Gasteiger partial charge in [-0.2, -0.15) is 0 Å². The van der Waals surface area contributed by atoms with E-state index in [0.29, 0.717) is 50.7 Å². The van der Waals surface area contributed by atoms with Gasteiger partial charge in [-0.15, -0.1) is 0 Å². The summed E-state index contributed by atoms with van der Waals surface area (Å²) in [6.07, 6.45) is 0. The number of hydrogen-bond donors (Lipinski definition) is 1. The Hall–Kier alpha value is -4.26. The minimum Gasteiger partial charge on any atom is -0.497 e. The molecule has 4 rings (SSSR count). The zero-order valence-electron chi connectivity index (χ0n) is 18.8. The predicted octanol–water partition coefficient (Wildman–Crippen LogP) is 4.48. The summed E-state index contributed by atoms with van der Waals surface area (Å²) in [4.78, 5) is 26.7. The fourth-order valence-corrected chi connectivity index (χ4v) is 3.82. The van der Waals surface area contributed by atoms with E-state index in [0.717, 1.165) is 0 Å². The van der Waals surface area contributed by atoms with Gasteiger partial charge in [0.1, 0.15) is 11.6 Å². The lowest BCUT2D eigenvalue weighted by molar-refractivity contribution is 0.102. The number of anilines is 1. The van der Waals surface area contributed by atoms with E-state index >= 15 is 0 Å². The van der Waals surface area contributed by atoms with Crippen LogP contribution in [0.1, 0.15) is 10.4 Å². The van der Waals surface area contributed by atoms with Crippen molar-refractivity contribution >= 4 is 22.6 Å². The minimum atomic E-state index is -0.343. The third-order valence-corrected chi connectivity index (χ3v) is 5.57. The maximum absolute atomic E-state index is 13.6. The highest BCUT2D eigenvalue weighted by Gasteiger charge is 2.20. The first-order valence-corrected chi connectivity index (χ1v) is 10.3. The number of hydrogen-bond acceptors (Lipinski definition) is 5. The van der Waals surface area contributed by atoms with Crippen LogP contribution in [0.4, 0.5) is 5.82 Å². The van der Waals surface area contributed by atoms with Crippen molar-refractivity contribution in [3.63, 3.8) is 0 Å². The standard InChI is InChI=1S/C26H24N2O5/c1-28-20-8-6-5-7-19(20)24(29)23(17-11-14-21(32-3)22(15-17)33-4)25(28)27-26(30)16-9-12-18(31-2)13-10-16/h5-15H,1-4H3,(H,27,30). The molecule has 0 bridgehead atoms. The van der Waals surface area contributed by atoms with Crippen LogP contribution in [0, 0.1) is 0 Å². The molecular weight excluding hydrogens is 420 g/mol. The molecule has 33 heavy (non-hydrogen) atoms. The van der Waals surface area contributed by atoms with Crippen LogP contribution >= 0.6 is 0 Å². The summed E-state index contributed by atoms with van der Waals surface area (Å²) in [5.74, 6) is 1.72. The summed E-state index contributed by atoms with van der Waals surface area (Å²) < 4.78 is 17.7. The van der Waals surface area contributed by atoms with Crippen LogP contribution in [0.15, 0.2) is 71.5 Å². The number of aryl methyl sites for hydroxylation is 1. The van der Waals surface area contributed by atoms with Gasteiger partial charge in [0.2, 0.25) is 0 Å². The zero-order chi connectivity index (χ0) is 23.5. The maximum atomic E-state index is 13.6. The molecule has 4 aromatic rings. The number of para-hydroxylation sites is 1. The lowest BCUT2D eigenvalue weighted by atomic mass is 10.0. The van der Waals surface area contributed by atoms with Gasteiger partial charge in [0.15, 0.2) is 16.9 Å². The van der Waals surface area contributed by atoms with Crippen molar-refractivity contribution in [3.8, 4) is 28.4 Å². The Balaban J connectivity index is 1.92. The lowest BCUT2D eigenvalue weighted by Crippen LogP contribution is -2.21. The minimum absolute atomic E-state index is 0.194. The fourth-order valence-electron chi connectivity index (χ4n) is 3.82. The molecule has 0 spiro atoms. The summed E-state index contributed by atoms with van der Waals surface area (Å²) in [6.45, 7) is 0. The highest BCUT2D eigenvalue weighted by molar-refractivity contribution is 6.07. The third-order valence-electron chi connectivity index (χ3n) is 5.57. The molecule has 0 saturated carbocycles. The fraction of sp³-hybridized carbons (Fsp3) is 0.154. The first-order valence-electron chi connectivity index (χ1n) is 10.3. The van der Waals surface area contributed by atoms with Gasteiger partial charge in [0.05, 0.1) is 32.4 Å². The van der Waals surface area contributed by atoms with Crippen molar-refractivity contribution in [2.75, 3.05) is 26.6 Å². The molecule has 1 amide bonds. The Morgan fingerprint density at radius 3 is 2.21 bits per heavy atom. The molecule has 168 valence electrons. The number of nitrogens with zero attached hydrogens (tertiary/aromatic N) is 1. The van der Waals surface area contributed by atoms with Crippen LogP contribution in [0.5, 0.6) is 17.2 Å². The summed E-state index contributed by atoms with van der Waals surface area (Å²) in [5, 5.41) is 3.49. The second-order valence-electron chi connectivity index (χ2n) is 7.38. The quantitative estimate of drug-likeness (QED) is 0.474. The van der Waals surface area contributed by atoms with Gasteiger partial charge in [-0.25, -0.2) is 0 Å². The summed E-state index contributed by atoms with van der Waals surface area (Å²) in [5.41, 5.74) is 1.91. The zero-order valence-corrected chi connectivity index (χ0v) is 18.8. The Morgan fingerprint density at radius 2 is 1.55 bits per heavy atom.